The third-order valence-corrected chi connectivity index (χ3v) is 5.07. The molecule has 0 aromatic heterocycles. The molecular weight excluding hydrogens is 228 g/mol. The van der Waals surface area contributed by atoms with Crippen LogP contribution in [0.15, 0.2) is 0 Å². The van der Waals surface area contributed by atoms with Gasteiger partial charge in [-0.25, -0.2) is 0 Å². The van der Waals surface area contributed by atoms with Crippen LogP contribution >= 0.6 is 0 Å². The van der Waals surface area contributed by atoms with Crippen LogP contribution in [0.25, 0.3) is 0 Å². The predicted octanol–water partition coefficient (Wildman–Crippen LogP) is 1.14. The van der Waals surface area contributed by atoms with Crippen LogP contribution in [0.2, 0.25) is 0 Å². The van der Waals surface area contributed by atoms with E-state index < -0.39 is 0 Å². The first-order valence-corrected chi connectivity index (χ1v) is 7.29. The minimum absolute atomic E-state index is 0.246. The molecule has 0 aromatic rings. The summed E-state index contributed by atoms with van der Waals surface area (Å²) in [6.07, 6.45) is 5.63. The van der Waals surface area contributed by atoms with E-state index in [1.165, 1.54) is 6.42 Å². The average molecular weight is 252 g/mol. The predicted molar refractivity (Wildman–Crippen MR) is 69.0 cm³/mol. The van der Waals surface area contributed by atoms with Crippen molar-refractivity contribution in [3.05, 3.63) is 0 Å². The Labute approximate surface area is 109 Å². The molecule has 2 unspecified atom stereocenters. The smallest absolute Gasteiger partial charge is 0.230 e. The lowest BCUT2D eigenvalue weighted by Gasteiger charge is -2.49. The van der Waals surface area contributed by atoms with Gasteiger partial charge in [-0.3, -0.25) is 4.79 Å². The molecule has 2 atom stereocenters. The second-order valence-corrected chi connectivity index (χ2v) is 6.40. The molecule has 4 nitrogen and oxygen atoms in total. The fourth-order valence-electron chi connectivity index (χ4n) is 4.19. The molecule has 0 radical (unpaired) electrons. The maximum atomic E-state index is 12.8. The first-order chi connectivity index (χ1) is 8.66. The van der Waals surface area contributed by atoms with E-state index >= 15 is 0 Å². The normalized spacial score (nSPS) is 43.4. The molecule has 0 aromatic carbocycles. The lowest BCUT2D eigenvalue weighted by molar-refractivity contribution is -0.162. The topological polar surface area (TPSA) is 55.6 Å². The number of nitrogens with two attached hydrogens (primary N) is 1. The molecule has 102 valence electrons. The van der Waals surface area contributed by atoms with Crippen molar-refractivity contribution in [3.63, 3.8) is 0 Å². The minimum Gasteiger partial charge on any atom is -0.374 e. The summed E-state index contributed by atoms with van der Waals surface area (Å²) in [5.74, 6) is 0.959. The van der Waals surface area contributed by atoms with E-state index in [2.05, 4.69) is 11.8 Å². The van der Waals surface area contributed by atoms with Gasteiger partial charge in [-0.2, -0.15) is 0 Å². The summed E-state index contributed by atoms with van der Waals surface area (Å²) >= 11 is 0. The highest BCUT2D eigenvalue weighted by molar-refractivity contribution is 5.84. The number of rotatable bonds is 2. The third-order valence-electron chi connectivity index (χ3n) is 5.07. The molecule has 2 saturated carbocycles. The first-order valence-electron chi connectivity index (χ1n) is 7.29. The quantitative estimate of drug-likeness (QED) is 0.802. The summed E-state index contributed by atoms with van der Waals surface area (Å²) in [4.78, 5) is 14.9. The van der Waals surface area contributed by atoms with E-state index in [4.69, 9.17) is 10.5 Å². The zero-order valence-corrected chi connectivity index (χ0v) is 11.2. The van der Waals surface area contributed by atoms with Crippen LogP contribution < -0.4 is 5.73 Å². The van der Waals surface area contributed by atoms with Gasteiger partial charge < -0.3 is 15.4 Å². The maximum Gasteiger partial charge on any atom is 0.230 e. The van der Waals surface area contributed by atoms with Gasteiger partial charge in [0, 0.05) is 13.1 Å². The van der Waals surface area contributed by atoms with Crippen LogP contribution in [0.5, 0.6) is 0 Å². The van der Waals surface area contributed by atoms with Crippen LogP contribution in [0.4, 0.5) is 0 Å². The third kappa shape index (κ3) is 1.77. The van der Waals surface area contributed by atoms with Gasteiger partial charge in [0.1, 0.15) is 0 Å². The average Bonchev–Trinajstić information content (AvgIpc) is 2.81. The number of fused-ring (bicyclic) bond motifs is 1. The number of carbonyl (C=O) groups excluding carboxylic acids is 1. The van der Waals surface area contributed by atoms with E-state index in [0.717, 1.165) is 32.2 Å². The number of ether oxygens (including phenoxy) is 1. The first kappa shape index (κ1) is 12.4. The summed E-state index contributed by atoms with van der Waals surface area (Å²) in [7, 11) is 0. The second-order valence-electron chi connectivity index (χ2n) is 6.40. The van der Waals surface area contributed by atoms with Crippen molar-refractivity contribution in [1.82, 2.24) is 4.90 Å². The Balaban J connectivity index is 1.75. The number of amides is 1. The van der Waals surface area contributed by atoms with E-state index in [0.29, 0.717) is 31.0 Å². The molecular formula is C14H24N2O2. The molecule has 18 heavy (non-hydrogen) atoms. The van der Waals surface area contributed by atoms with Crippen molar-refractivity contribution in [3.8, 4) is 0 Å². The van der Waals surface area contributed by atoms with Crippen LogP contribution in [-0.4, -0.2) is 42.6 Å². The van der Waals surface area contributed by atoms with Gasteiger partial charge in [-0.1, -0.05) is 6.92 Å². The van der Waals surface area contributed by atoms with Gasteiger partial charge in [0.2, 0.25) is 5.91 Å². The van der Waals surface area contributed by atoms with Crippen LogP contribution in [0.3, 0.4) is 0 Å². The summed E-state index contributed by atoms with van der Waals surface area (Å²) in [5.41, 5.74) is 5.65. The zero-order chi connectivity index (χ0) is 12.8. The monoisotopic (exact) mass is 252 g/mol. The fourth-order valence-corrected chi connectivity index (χ4v) is 4.19. The van der Waals surface area contributed by atoms with Gasteiger partial charge >= 0.3 is 0 Å². The van der Waals surface area contributed by atoms with Gasteiger partial charge in [0.25, 0.3) is 0 Å². The number of carbonyl (C=O) groups is 1. The van der Waals surface area contributed by atoms with E-state index in [1.807, 2.05) is 0 Å². The molecule has 0 spiro atoms. The highest BCUT2D eigenvalue weighted by Crippen LogP contribution is 2.47. The molecule has 1 heterocycles. The van der Waals surface area contributed by atoms with Gasteiger partial charge in [0.05, 0.1) is 24.2 Å². The minimum atomic E-state index is -0.246. The second kappa shape index (κ2) is 4.49. The molecule has 4 heteroatoms. The van der Waals surface area contributed by atoms with E-state index in [1.54, 1.807) is 0 Å². The molecule has 0 bridgehead atoms. The number of morpholine rings is 1. The molecule has 3 aliphatic rings. The number of hydrogen-bond acceptors (Lipinski definition) is 3. The molecule has 1 amide bonds. The maximum absolute atomic E-state index is 12.8. The summed E-state index contributed by atoms with van der Waals surface area (Å²) in [6, 6.07) is 0.325. The molecule has 1 saturated heterocycles. The molecule has 3 fully saturated rings. The van der Waals surface area contributed by atoms with Crippen LogP contribution in [-0.2, 0) is 9.53 Å². The Bertz CT molecular complexity index is 339. The van der Waals surface area contributed by atoms with Crippen molar-refractivity contribution in [2.45, 2.75) is 51.2 Å². The van der Waals surface area contributed by atoms with Gasteiger partial charge in [0.15, 0.2) is 0 Å². The number of hydrogen-bond donors (Lipinski definition) is 1. The Morgan fingerprint density at radius 3 is 2.89 bits per heavy atom. The summed E-state index contributed by atoms with van der Waals surface area (Å²) in [5, 5.41) is 0. The molecule has 2 N–H and O–H groups in total. The summed E-state index contributed by atoms with van der Waals surface area (Å²) < 4.78 is 5.78. The standard InChI is InChI=1S/C14H24N2O2/c1-10-7-14(8-10,9-15)13(17)16-5-6-18-12-4-2-3-11(12)16/h10-12H,2-9,15H2,1H3. The van der Waals surface area contributed by atoms with Crippen molar-refractivity contribution in [2.75, 3.05) is 19.7 Å². The van der Waals surface area contributed by atoms with Crippen LogP contribution in [0, 0.1) is 11.3 Å². The molecule has 1 aliphatic heterocycles. The highest BCUT2D eigenvalue weighted by atomic mass is 16.5. The Hall–Kier alpha value is -0.610. The lowest BCUT2D eigenvalue weighted by Crippen LogP contribution is -2.60. The molecule has 2 aliphatic carbocycles. The van der Waals surface area contributed by atoms with Crippen LogP contribution in [0.1, 0.15) is 39.0 Å². The Morgan fingerprint density at radius 2 is 2.22 bits per heavy atom. The number of nitrogens with zero attached hydrogens (tertiary/aromatic N) is 1. The Morgan fingerprint density at radius 1 is 1.44 bits per heavy atom. The highest BCUT2D eigenvalue weighted by Gasteiger charge is 2.51. The van der Waals surface area contributed by atoms with Gasteiger partial charge in [-0.15, -0.1) is 0 Å². The van der Waals surface area contributed by atoms with E-state index in [9.17, 15) is 4.79 Å². The van der Waals surface area contributed by atoms with Crippen molar-refractivity contribution >= 4 is 5.91 Å². The lowest BCUT2D eigenvalue weighted by atomic mass is 9.61. The van der Waals surface area contributed by atoms with Gasteiger partial charge in [-0.05, 0) is 38.0 Å². The largest absolute Gasteiger partial charge is 0.374 e. The SMILES string of the molecule is CC1CC(CN)(C(=O)N2CCOC3CCCC32)C1. The van der Waals surface area contributed by atoms with Crippen molar-refractivity contribution in [1.29, 1.82) is 0 Å². The van der Waals surface area contributed by atoms with Crippen molar-refractivity contribution < 1.29 is 9.53 Å². The van der Waals surface area contributed by atoms with Crippen molar-refractivity contribution in [2.24, 2.45) is 17.1 Å². The fraction of sp³-hybridized carbons (Fsp3) is 0.929. The van der Waals surface area contributed by atoms with E-state index in [-0.39, 0.29) is 11.5 Å². The molecule has 3 rings (SSSR count). The zero-order valence-electron chi connectivity index (χ0n) is 11.2. The Kier molecular flexibility index (Phi) is 3.10. The summed E-state index contributed by atoms with van der Waals surface area (Å²) in [6.45, 7) is 4.17.